The van der Waals surface area contributed by atoms with Crippen molar-refractivity contribution in [1.29, 1.82) is 0 Å². The molecule has 0 radical (unpaired) electrons. The zero-order valence-electron chi connectivity index (χ0n) is 13.5. The van der Waals surface area contributed by atoms with Crippen LogP contribution in [0.3, 0.4) is 0 Å². The Morgan fingerprint density at radius 3 is 2.42 bits per heavy atom. The maximum atomic E-state index is 12.9. The maximum Gasteiger partial charge on any atom is 0.319 e. The maximum absolute atomic E-state index is 12.9. The lowest BCUT2D eigenvalue weighted by molar-refractivity contribution is 0.0626. The molecule has 0 aliphatic carbocycles. The van der Waals surface area contributed by atoms with Gasteiger partial charge in [-0.2, -0.15) is 13.1 Å². The molecular weight excluding hydrogens is 409 g/mol. The normalized spacial score (nSPS) is 17.1. The molecule has 0 amide bonds. The molecule has 1 aromatic heterocycles. The number of piperazine rings is 1. The number of rotatable bonds is 5. The first-order valence-electron chi connectivity index (χ1n) is 7.76. The second-order valence-corrected chi connectivity index (χ2v) is 8.54. The van der Waals surface area contributed by atoms with Gasteiger partial charge < -0.3 is 0 Å². The number of hydrogen-bond donors (Lipinski definition) is 0. The van der Waals surface area contributed by atoms with Gasteiger partial charge >= 0.3 is 6.55 Å². The van der Waals surface area contributed by atoms with Crippen LogP contribution in [-0.4, -0.2) is 53.4 Å². The van der Waals surface area contributed by atoms with Crippen molar-refractivity contribution in [2.75, 3.05) is 26.2 Å². The zero-order chi connectivity index (χ0) is 18.9. The average Bonchev–Trinajstić information content (AvgIpc) is 3.06. The Kier molecular flexibility index (Phi) is 5.83. The second-order valence-electron chi connectivity index (χ2n) is 5.78. The lowest BCUT2D eigenvalue weighted by Crippen LogP contribution is -2.48. The molecule has 142 valence electrons. The van der Waals surface area contributed by atoms with Crippen molar-refractivity contribution in [3.63, 3.8) is 0 Å². The molecule has 11 heteroatoms. The first-order chi connectivity index (χ1) is 12.3. The number of nitrogens with zero attached hydrogens (tertiary/aromatic N) is 4. The van der Waals surface area contributed by atoms with E-state index in [1.54, 1.807) is 0 Å². The number of halogens is 4. The van der Waals surface area contributed by atoms with Crippen LogP contribution in [0.1, 0.15) is 12.4 Å². The molecule has 2 heterocycles. The summed E-state index contributed by atoms with van der Waals surface area (Å²) in [6.07, 6.45) is 2.55. The molecule has 3 rings (SSSR count). The highest BCUT2D eigenvalue weighted by Crippen LogP contribution is 2.27. The van der Waals surface area contributed by atoms with Crippen molar-refractivity contribution in [2.24, 2.45) is 0 Å². The number of imidazole rings is 1. The summed E-state index contributed by atoms with van der Waals surface area (Å²) in [6, 6.07) is 4.18. The minimum Gasteiger partial charge on any atom is -0.293 e. The number of hydrogen-bond acceptors (Lipinski definition) is 4. The van der Waals surface area contributed by atoms with Crippen LogP contribution in [0.15, 0.2) is 35.5 Å². The van der Waals surface area contributed by atoms with E-state index in [9.17, 15) is 17.2 Å². The predicted octanol–water partition coefficient (Wildman–Crippen LogP) is 3.09. The van der Waals surface area contributed by atoms with E-state index in [0.717, 1.165) is 4.57 Å². The van der Waals surface area contributed by atoms with Gasteiger partial charge in [-0.05, 0) is 18.2 Å². The number of aromatic nitrogens is 2. The van der Waals surface area contributed by atoms with Crippen LogP contribution in [0, 0.1) is 0 Å². The summed E-state index contributed by atoms with van der Waals surface area (Å²) in [5.74, 6) is 0.251. The van der Waals surface area contributed by atoms with Crippen LogP contribution in [0.5, 0.6) is 0 Å². The molecule has 1 aliphatic heterocycles. The van der Waals surface area contributed by atoms with Gasteiger partial charge in [-0.25, -0.2) is 13.4 Å². The third-order valence-corrected chi connectivity index (χ3v) is 6.82. The van der Waals surface area contributed by atoms with Crippen LogP contribution >= 0.6 is 23.2 Å². The predicted molar refractivity (Wildman–Crippen MR) is 94.0 cm³/mol. The molecule has 1 fully saturated rings. The van der Waals surface area contributed by atoms with E-state index in [-0.39, 0.29) is 40.4 Å². The second kappa shape index (κ2) is 7.77. The first-order valence-corrected chi connectivity index (χ1v) is 9.96. The van der Waals surface area contributed by atoms with Gasteiger partial charge in [0, 0.05) is 38.6 Å². The fourth-order valence-electron chi connectivity index (χ4n) is 2.76. The van der Waals surface area contributed by atoms with Crippen molar-refractivity contribution in [1.82, 2.24) is 18.8 Å². The Balaban J connectivity index is 1.66. The van der Waals surface area contributed by atoms with Gasteiger partial charge in [-0.15, -0.1) is 0 Å². The minimum absolute atomic E-state index is 0.0774. The largest absolute Gasteiger partial charge is 0.319 e. The molecule has 26 heavy (non-hydrogen) atoms. The quantitative estimate of drug-likeness (QED) is 0.739. The number of alkyl halides is 2. The van der Waals surface area contributed by atoms with Crippen LogP contribution in [0.25, 0.3) is 0 Å². The molecule has 0 unspecified atom stereocenters. The SMILES string of the molecule is O=S(=O)(c1ccc(Cl)c(Cl)c1)N1CCN(Cc2nccn2C(F)F)CC1. The van der Waals surface area contributed by atoms with Crippen LogP contribution in [0.4, 0.5) is 8.78 Å². The lowest BCUT2D eigenvalue weighted by Gasteiger charge is -2.33. The third-order valence-electron chi connectivity index (χ3n) is 4.18. The molecule has 0 atom stereocenters. The Bertz CT molecular complexity index is 884. The van der Waals surface area contributed by atoms with Gasteiger partial charge in [0.2, 0.25) is 10.0 Å². The van der Waals surface area contributed by atoms with Gasteiger partial charge in [0.1, 0.15) is 5.82 Å². The van der Waals surface area contributed by atoms with E-state index in [1.165, 1.54) is 34.9 Å². The van der Waals surface area contributed by atoms with Gasteiger partial charge in [0.15, 0.2) is 0 Å². The van der Waals surface area contributed by atoms with Crippen molar-refractivity contribution in [3.05, 3.63) is 46.5 Å². The van der Waals surface area contributed by atoms with Gasteiger partial charge in [-0.1, -0.05) is 23.2 Å². The average molecular weight is 425 g/mol. The summed E-state index contributed by atoms with van der Waals surface area (Å²) >= 11 is 11.7. The molecule has 1 aliphatic rings. The molecule has 0 N–H and O–H groups in total. The van der Waals surface area contributed by atoms with E-state index in [4.69, 9.17) is 23.2 Å². The summed E-state index contributed by atoms with van der Waals surface area (Å²) < 4.78 is 53.3. The zero-order valence-corrected chi connectivity index (χ0v) is 15.9. The molecule has 1 aromatic carbocycles. The lowest BCUT2D eigenvalue weighted by atomic mass is 10.3. The van der Waals surface area contributed by atoms with E-state index in [0.29, 0.717) is 13.1 Å². The monoisotopic (exact) mass is 424 g/mol. The Hall–Kier alpha value is -1.26. The van der Waals surface area contributed by atoms with Gasteiger partial charge in [-0.3, -0.25) is 9.47 Å². The fourth-order valence-corrected chi connectivity index (χ4v) is 4.57. The number of benzene rings is 1. The Labute approximate surface area is 160 Å². The molecule has 0 spiro atoms. The highest BCUT2D eigenvalue weighted by molar-refractivity contribution is 7.89. The van der Waals surface area contributed by atoms with E-state index in [2.05, 4.69) is 4.98 Å². The van der Waals surface area contributed by atoms with Crippen molar-refractivity contribution >= 4 is 33.2 Å². The summed E-state index contributed by atoms with van der Waals surface area (Å²) in [7, 11) is -3.69. The molecule has 6 nitrogen and oxygen atoms in total. The van der Waals surface area contributed by atoms with Crippen LogP contribution in [0.2, 0.25) is 10.0 Å². The Morgan fingerprint density at radius 2 is 1.81 bits per heavy atom. The molecule has 0 bridgehead atoms. The Morgan fingerprint density at radius 1 is 1.12 bits per heavy atom. The number of sulfonamides is 1. The van der Waals surface area contributed by atoms with Gasteiger partial charge in [0.05, 0.1) is 21.5 Å². The molecule has 2 aromatic rings. The molecule has 1 saturated heterocycles. The van der Waals surface area contributed by atoms with E-state index >= 15 is 0 Å². The minimum atomic E-state index is -3.69. The summed E-state index contributed by atoms with van der Waals surface area (Å²) in [5, 5.41) is 0.454. The van der Waals surface area contributed by atoms with Crippen LogP contribution < -0.4 is 0 Å². The molecule has 0 saturated carbocycles. The summed E-state index contributed by atoms with van der Waals surface area (Å²) in [6.45, 7) is -1.09. The van der Waals surface area contributed by atoms with E-state index < -0.39 is 16.6 Å². The first kappa shape index (κ1) is 19.5. The van der Waals surface area contributed by atoms with Crippen molar-refractivity contribution in [3.8, 4) is 0 Å². The fraction of sp³-hybridized carbons (Fsp3) is 0.400. The standard InChI is InChI=1S/C15H16Cl2F2N4O2S/c16-12-2-1-11(9-13(12)17)26(24,25)22-7-5-21(6-8-22)10-14-20-3-4-23(14)15(18)19/h1-4,9,15H,5-8,10H2. The van der Waals surface area contributed by atoms with Gasteiger partial charge in [0.25, 0.3) is 0 Å². The highest BCUT2D eigenvalue weighted by atomic mass is 35.5. The van der Waals surface area contributed by atoms with Crippen LogP contribution in [-0.2, 0) is 16.6 Å². The summed E-state index contributed by atoms with van der Waals surface area (Å²) in [5.41, 5.74) is 0. The topological polar surface area (TPSA) is 58.4 Å². The summed E-state index contributed by atoms with van der Waals surface area (Å²) in [4.78, 5) is 5.92. The van der Waals surface area contributed by atoms with Crippen molar-refractivity contribution < 1.29 is 17.2 Å². The van der Waals surface area contributed by atoms with E-state index in [1.807, 2.05) is 4.90 Å². The smallest absolute Gasteiger partial charge is 0.293 e. The highest BCUT2D eigenvalue weighted by Gasteiger charge is 2.29. The van der Waals surface area contributed by atoms with Crippen molar-refractivity contribution in [2.45, 2.75) is 18.0 Å². The molecular formula is C15H16Cl2F2N4O2S. The third kappa shape index (κ3) is 4.01.